The number of methoxy groups -OCH3 is 1. The van der Waals surface area contributed by atoms with Gasteiger partial charge >= 0.3 is 11.9 Å². The highest BCUT2D eigenvalue weighted by molar-refractivity contribution is 6.32. The number of nitrogens with zero attached hydrogens (tertiary/aromatic N) is 2. The summed E-state index contributed by atoms with van der Waals surface area (Å²) in [7, 11) is 1.56. The number of benzene rings is 3. The molecule has 2 atom stereocenters. The van der Waals surface area contributed by atoms with E-state index in [4.69, 9.17) is 14.2 Å². The van der Waals surface area contributed by atoms with E-state index >= 15 is 0 Å². The van der Waals surface area contributed by atoms with Crippen LogP contribution in [-0.2, 0) is 14.3 Å². The van der Waals surface area contributed by atoms with E-state index < -0.39 is 30.1 Å². The number of ether oxygens (including phenoxy) is 3. The molecule has 0 saturated heterocycles. The van der Waals surface area contributed by atoms with Gasteiger partial charge in [0, 0.05) is 5.39 Å². The third-order valence-electron chi connectivity index (χ3n) is 5.64. The maximum absolute atomic E-state index is 13.3. The SMILES string of the molecule is COc1cccc([C@@H](Oc2ccc3c(cnn3-c3ccc(F)cc3)c2)[C@H](C)NC(=O)C(=O)OC(C)C)c1. The summed E-state index contributed by atoms with van der Waals surface area (Å²) in [5, 5.41) is 7.92. The van der Waals surface area contributed by atoms with Crippen molar-refractivity contribution in [2.75, 3.05) is 7.11 Å². The molecule has 4 aromatic rings. The average molecular weight is 506 g/mol. The smallest absolute Gasteiger partial charge is 0.397 e. The highest BCUT2D eigenvalue weighted by atomic mass is 19.1. The molecule has 4 rings (SSSR count). The molecule has 0 aliphatic rings. The number of amides is 1. The number of fused-ring (bicyclic) bond motifs is 1. The Kier molecular flexibility index (Phi) is 7.71. The molecule has 0 radical (unpaired) electrons. The first-order chi connectivity index (χ1) is 17.7. The van der Waals surface area contributed by atoms with Crippen LogP contribution in [0.1, 0.15) is 32.4 Å². The first-order valence-corrected chi connectivity index (χ1v) is 11.8. The van der Waals surface area contributed by atoms with E-state index in [1.54, 1.807) is 63.0 Å². The van der Waals surface area contributed by atoms with Crippen LogP contribution >= 0.6 is 0 Å². The second-order valence-electron chi connectivity index (χ2n) is 8.78. The first-order valence-electron chi connectivity index (χ1n) is 11.8. The monoisotopic (exact) mass is 505 g/mol. The Labute approximate surface area is 213 Å². The van der Waals surface area contributed by atoms with Gasteiger partial charge in [-0.3, -0.25) is 4.79 Å². The molecule has 0 saturated carbocycles. The highest BCUT2D eigenvalue weighted by Gasteiger charge is 2.27. The Morgan fingerprint density at radius 1 is 0.973 bits per heavy atom. The molecule has 192 valence electrons. The maximum Gasteiger partial charge on any atom is 0.397 e. The van der Waals surface area contributed by atoms with Crippen molar-refractivity contribution >= 4 is 22.8 Å². The molecule has 9 heteroatoms. The predicted molar refractivity (Wildman–Crippen MR) is 136 cm³/mol. The fourth-order valence-electron chi connectivity index (χ4n) is 3.91. The molecular weight excluding hydrogens is 477 g/mol. The van der Waals surface area contributed by atoms with Gasteiger partial charge in [-0.1, -0.05) is 12.1 Å². The van der Waals surface area contributed by atoms with Crippen molar-refractivity contribution < 1.29 is 28.2 Å². The third kappa shape index (κ3) is 6.06. The summed E-state index contributed by atoms with van der Waals surface area (Å²) in [5.74, 6) is -0.975. The molecule has 1 amide bonds. The van der Waals surface area contributed by atoms with Gasteiger partial charge in [-0.05, 0) is 80.9 Å². The topological polar surface area (TPSA) is 91.7 Å². The molecule has 0 fully saturated rings. The predicted octanol–water partition coefficient (Wildman–Crippen LogP) is 4.75. The second-order valence-corrected chi connectivity index (χ2v) is 8.78. The van der Waals surface area contributed by atoms with Crippen LogP contribution in [0.2, 0.25) is 0 Å². The lowest BCUT2D eigenvalue weighted by atomic mass is 10.0. The van der Waals surface area contributed by atoms with Crippen LogP contribution < -0.4 is 14.8 Å². The summed E-state index contributed by atoms with van der Waals surface area (Å²) in [4.78, 5) is 24.5. The number of nitrogens with one attached hydrogen (secondary N) is 1. The number of carbonyl (C=O) groups excluding carboxylic acids is 2. The fourth-order valence-corrected chi connectivity index (χ4v) is 3.91. The van der Waals surface area contributed by atoms with Crippen LogP contribution in [0.15, 0.2) is 72.9 Å². The summed E-state index contributed by atoms with van der Waals surface area (Å²) in [6.07, 6.45) is 0.621. The molecule has 0 aliphatic heterocycles. The number of hydrogen-bond acceptors (Lipinski definition) is 6. The van der Waals surface area contributed by atoms with E-state index in [-0.39, 0.29) is 5.82 Å². The number of esters is 1. The van der Waals surface area contributed by atoms with E-state index in [0.29, 0.717) is 11.5 Å². The number of hydrogen-bond donors (Lipinski definition) is 1. The van der Waals surface area contributed by atoms with Gasteiger partial charge in [0.2, 0.25) is 0 Å². The minimum Gasteiger partial charge on any atom is -0.497 e. The van der Waals surface area contributed by atoms with Gasteiger partial charge < -0.3 is 19.5 Å². The molecule has 37 heavy (non-hydrogen) atoms. The quantitative estimate of drug-likeness (QED) is 0.275. The number of rotatable bonds is 8. The molecule has 0 bridgehead atoms. The van der Waals surface area contributed by atoms with Crippen molar-refractivity contribution in [3.8, 4) is 17.2 Å². The number of carbonyl (C=O) groups is 2. The molecule has 0 spiro atoms. The molecule has 1 aromatic heterocycles. The van der Waals surface area contributed by atoms with E-state index in [9.17, 15) is 14.0 Å². The summed E-state index contributed by atoms with van der Waals surface area (Å²) in [6.45, 7) is 5.09. The zero-order chi connectivity index (χ0) is 26.5. The van der Waals surface area contributed by atoms with Crippen molar-refractivity contribution in [1.29, 1.82) is 0 Å². The molecule has 1 N–H and O–H groups in total. The highest BCUT2D eigenvalue weighted by Crippen LogP contribution is 2.30. The molecule has 8 nitrogen and oxygen atoms in total. The van der Waals surface area contributed by atoms with Crippen LogP contribution in [0.25, 0.3) is 16.6 Å². The Balaban J connectivity index is 1.62. The Bertz CT molecular complexity index is 1400. The van der Waals surface area contributed by atoms with Crippen molar-refractivity contribution in [3.63, 3.8) is 0 Å². The largest absolute Gasteiger partial charge is 0.497 e. The van der Waals surface area contributed by atoms with Crippen LogP contribution in [0, 0.1) is 5.82 Å². The van der Waals surface area contributed by atoms with Gasteiger partial charge in [-0.25, -0.2) is 13.9 Å². The number of halogens is 1. The summed E-state index contributed by atoms with van der Waals surface area (Å²) >= 11 is 0. The lowest BCUT2D eigenvalue weighted by Gasteiger charge is -2.26. The van der Waals surface area contributed by atoms with Crippen molar-refractivity contribution in [2.45, 2.75) is 39.0 Å². The standard InChI is InChI=1S/C28H28FN3O5/c1-17(2)36-28(34)27(33)31-18(3)26(19-6-5-7-23(14-19)35-4)37-24-12-13-25-20(15-24)16-30-32(25)22-10-8-21(29)9-11-22/h5-18,26H,1-4H3,(H,31,33)/t18-,26-/m0/s1. The van der Waals surface area contributed by atoms with Crippen molar-refractivity contribution in [1.82, 2.24) is 15.1 Å². The second kappa shape index (κ2) is 11.1. The molecule has 0 unspecified atom stereocenters. The van der Waals surface area contributed by atoms with Crippen molar-refractivity contribution in [3.05, 3.63) is 84.3 Å². The van der Waals surface area contributed by atoms with E-state index in [1.165, 1.54) is 12.1 Å². The van der Waals surface area contributed by atoms with Gasteiger partial charge in [0.05, 0.1) is 36.7 Å². The maximum atomic E-state index is 13.3. The van der Waals surface area contributed by atoms with Gasteiger partial charge in [0.25, 0.3) is 0 Å². The zero-order valence-corrected chi connectivity index (χ0v) is 21.0. The van der Waals surface area contributed by atoms with Crippen LogP contribution in [0.3, 0.4) is 0 Å². The summed E-state index contributed by atoms with van der Waals surface area (Å²) < 4.78 is 31.8. The van der Waals surface area contributed by atoms with Crippen LogP contribution in [-0.4, -0.2) is 40.9 Å². The Morgan fingerprint density at radius 3 is 2.43 bits per heavy atom. The van der Waals surface area contributed by atoms with Crippen molar-refractivity contribution in [2.24, 2.45) is 0 Å². The molecule has 3 aromatic carbocycles. The Hall–Kier alpha value is -4.40. The summed E-state index contributed by atoms with van der Waals surface area (Å²) in [5.41, 5.74) is 2.28. The lowest BCUT2D eigenvalue weighted by molar-refractivity contribution is -0.158. The third-order valence-corrected chi connectivity index (χ3v) is 5.64. The van der Waals surface area contributed by atoms with Crippen LogP contribution in [0.5, 0.6) is 11.5 Å². The number of aromatic nitrogens is 2. The first kappa shape index (κ1) is 25.7. The Morgan fingerprint density at radius 2 is 1.73 bits per heavy atom. The van der Waals surface area contributed by atoms with E-state index in [1.807, 2.05) is 30.3 Å². The average Bonchev–Trinajstić information content (AvgIpc) is 3.30. The normalized spacial score (nSPS) is 12.7. The van der Waals surface area contributed by atoms with Gasteiger partial charge in [-0.2, -0.15) is 5.10 Å². The van der Waals surface area contributed by atoms with Crippen LogP contribution in [0.4, 0.5) is 4.39 Å². The van der Waals surface area contributed by atoms with Gasteiger partial charge in [-0.15, -0.1) is 0 Å². The zero-order valence-electron chi connectivity index (χ0n) is 21.0. The van der Waals surface area contributed by atoms with Gasteiger partial charge in [0.15, 0.2) is 0 Å². The van der Waals surface area contributed by atoms with E-state index in [2.05, 4.69) is 10.4 Å². The molecule has 0 aliphatic carbocycles. The molecule has 1 heterocycles. The summed E-state index contributed by atoms with van der Waals surface area (Å²) in [6, 6.07) is 18.2. The lowest BCUT2D eigenvalue weighted by Crippen LogP contribution is -2.43. The fraction of sp³-hybridized carbons (Fsp3) is 0.250. The van der Waals surface area contributed by atoms with Gasteiger partial charge in [0.1, 0.15) is 23.4 Å². The minimum atomic E-state index is -0.958. The minimum absolute atomic E-state index is 0.321. The van der Waals surface area contributed by atoms with E-state index in [0.717, 1.165) is 22.2 Å². The molecular formula is C28H28FN3O5.